The van der Waals surface area contributed by atoms with Gasteiger partial charge >= 0.3 is 0 Å². The molecule has 1 amide bonds. The van der Waals surface area contributed by atoms with Gasteiger partial charge in [-0.05, 0) is 42.3 Å². The van der Waals surface area contributed by atoms with Crippen LogP contribution in [0.3, 0.4) is 0 Å². The van der Waals surface area contributed by atoms with Crippen LogP contribution in [0.4, 0.5) is 0 Å². The summed E-state index contributed by atoms with van der Waals surface area (Å²) in [5, 5.41) is 4.19. The van der Waals surface area contributed by atoms with E-state index >= 15 is 0 Å². The highest BCUT2D eigenvalue weighted by atomic mass is 35.5. The van der Waals surface area contributed by atoms with Gasteiger partial charge in [-0.2, -0.15) is 0 Å². The second-order valence-electron chi connectivity index (χ2n) is 6.86. The molecule has 1 aliphatic heterocycles. The number of rotatable bonds is 6. The summed E-state index contributed by atoms with van der Waals surface area (Å²) in [5.74, 6) is 0.0103. The summed E-state index contributed by atoms with van der Waals surface area (Å²) >= 11 is 12.2. The summed E-state index contributed by atoms with van der Waals surface area (Å²) in [7, 11) is 0. The lowest BCUT2D eigenvalue weighted by atomic mass is 10.1. The third-order valence-electron chi connectivity index (χ3n) is 4.79. The molecule has 1 atom stereocenters. The van der Waals surface area contributed by atoms with Gasteiger partial charge < -0.3 is 5.32 Å². The zero-order valence-electron chi connectivity index (χ0n) is 15.4. The fourth-order valence-electron chi connectivity index (χ4n) is 3.27. The fraction of sp³-hybridized carbons (Fsp3) is 0.400. The molecule has 0 aliphatic carbocycles. The van der Waals surface area contributed by atoms with Crippen molar-refractivity contribution in [2.75, 3.05) is 32.7 Å². The van der Waals surface area contributed by atoms with Crippen molar-refractivity contribution < 1.29 is 4.79 Å². The van der Waals surface area contributed by atoms with Crippen LogP contribution in [-0.4, -0.2) is 53.4 Å². The van der Waals surface area contributed by atoms with Crippen molar-refractivity contribution in [1.82, 2.24) is 20.1 Å². The Bertz CT molecular complexity index is 764. The van der Waals surface area contributed by atoms with Gasteiger partial charge in [0.1, 0.15) is 0 Å². The van der Waals surface area contributed by atoms with E-state index in [1.54, 1.807) is 12.1 Å². The fourth-order valence-corrected chi connectivity index (χ4v) is 3.84. The van der Waals surface area contributed by atoms with Crippen LogP contribution in [0.2, 0.25) is 10.0 Å². The SMILES string of the molecule is CC(NC(=O)CN1CCN(Cc2ccncc2)CC1)c1ccc(Cl)cc1Cl. The smallest absolute Gasteiger partial charge is 0.234 e. The predicted molar refractivity (Wildman–Crippen MR) is 109 cm³/mol. The van der Waals surface area contributed by atoms with Crippen molar-refractivity contribution in [2.24, 2.45) is 0 Å². The first-order valence-corrected chi connectivity index (χ1v) is 9.85. The van der Waals surface area contributed by atoms with Crippen LogP contribution in [0.25, 0.3) is 0 Å². The first-order valence-electron chi connectivity index (χ1n) is 9.09. The van der Waals surface area contributed by atoms with E-state index in [1.807, 2.05) is 37.5 Å². The number of amides is 1. The molecule has 1 unspecified atom stereocenters. The average molecular weight is 407 g/mol. The van der Waals surface area contributed by atoms with E-state index in [0.717, 1.165) is 38.3 Å². The number of nitrogens with one attached hydrogen (secondary N) is 1. The molecular formula is C20H24Cl2N4O. The summed E-state index contributed by atoms with van der Waals surface area (Å²) in [6, 6.07) is 9.27. The molecule has 0 spiro atoms. The minimum Gasteiger partial charge on any atom is -0.348 e. The van der Waals surface area contributed by atoms with Crippen LogP contribution in [0, 0.1) is 0 Å². The van der Waals surface area contributed by atoms with E-state index in [-0.39, 0.29) is 11.9 Å². The number of aromatic nitrogens is 1. The maximum Gasteiger partial charge on any atom is 0.234 e. The third-order valence-corrected chi connectivity index (χ3v) is 5.36. The van der Waals surface area contributed by atoms with Crippen molar-refractivity contribution in [1.29, 1.82) is 0 Å². The highest BCUT2D eigenvalue weighted by Gasteiger charge is 2.20. The highest BCUT2D eigenvalue weighted by Crippen LogP contribution is 2.26. The molecule has 144 valence electrons. The molecule has 1 aromatic heterocycles. The second-order valence-corrected chi connectivity index (χ2v) is 7.71. The molecule has 7 heteroatoms. The van der Waals surface area contributed by atoms with Gasteiger partial charge in [-0.15, -0.1) is 0 Å². The molecule has 27 heavy (non-hydrogen) atoms. The number of carbonyl (C=O) groups is 1. The first-order chi connectivity index (χ1) is 13.0. The third kappa shape index (κ3) is 5.91. The van der Waals surface area contributed by atoms with Crippen LogP contribution in [0.15, 0.2) is 42.7 Å². The molecule has 1 aliphatic rings. The molecule has 1 aromatic carbocycles. The normalized spacial score (nSPS) is 16.9. The van der Waals surface area contributed by atoms with E-state index in [0.29, 0.717) is 16.6 Å². The second kappa shape index (κ2) is 9.51. The monoisotopic (exact) mass is 406 g/mol. The molecule has 3 rings (SSSR count). The number of halogens is 2. The van der Waals surface area contributed by atoms with Gasteiger partial charge in [0.25, 0.3) is 0 Å². The molecule has 2 heterocycles. The number of carbonyl (C=O) groups excluding carboxylic acids is 1. The van der Waals surface area contributed by atoms with Crippen LogP contribution >= 0.6 is 23.2 Å². The zero-order valence-corrected chi connectivity index (χ0v) is 16.9. The zero-order chi connectivity index (χ0) is 19.2. The molecule has 1 fully saturated rings. The number of hydrogen-bond donors (Lipinski definition) is 1. The quantitative estimate of drug-likeness (QED) is 0.798. The molecule has 5 nitrogen and oxygen atoms in total. The lowest BCUT2D eigenvalue weighted by Gasteiger charge is -2.34. The number of hydrogen-bond acceptors (Lipinski definition) is 4. The van der Waals surface area contributed by atoms with Gasteiger partial charge in [0, 0.05) is 55.2 Å². The Hall–Kier alpha value is -1.66. The number of pyridine rings is 1. The topological polar surface area (TPSA) is 48.5 Å². The summed E-state index contributed by atoms with van der Waals surface area (Å²) in [5.41, 5.74) is 2.14. The van der Waals surface area contributed by atoms with Crippen LogP contribution in [0.1, 0.15) is 24.1 Å². The maximum atomic E-state index is 12.4. The Labute approximate surface area is 170 Å². The Balaban J connectivity index is 1.44. The van der Waals surface area contributed by atoms with Crippen LogP contribution in [0.5, 0.6) is 0 Å². The summed E-state index contributed by atoms with van der Waals surface area (Å²) < 4.78 is 0. The largest absolute Gasteiger partial charge is 0.348 e. The van der Waals surface area contributed by atoms with Gasteiger partial charge in [-0.25, -0.2) is 0 Å². The number of piperazine rings is 1. The molecule has 0 bridgehead atoms. The van der Waals surface area contributed by atoms with E-state index in [9.17, 15) is 4.79 Å². The van der Waals surface area contributed by atoms with Crippen molar-refractivity contribution in [3.63, 3.8) is 0 Å². The maximum absolute atomic E-state index is 12.4. The molecule has 2 aromatic rings. The Kier molecular flexibility index (Phi) is 7.07. The summed E-state index contributed by atoms with van der Waals surface area (Å²) in [6.07, 6.45) is 3.65. The average Bonchev–Trinajstić information content (AvgIpc) is 2.64. The Morgan fingerprint density at radius 3 is 2.44 bits per heavy atom. The number of nitrogens with zero attached hydrogens (tertiary/aromatic N) is 3. The van der Waals surface area contributed by atoms with Crippen molar-refractivity contribution in [3.05, 3.63) is 63.9 Å². The first kappa shape index (κ1) is 20.1. The van der Waals surface area contributed by atoms with E-state index in [2.05, 4.69) is 20.1 Å². The summed E-state index contributed by atoms with van der Waals surface area (Å²) in [6.45, 7) is 6.93. The molecule has 0 radical (unpaired) electrons. The Morgan fingerprint density at radius 1 is 1.11 bits per heavy atom. The lowest BCUT2D eigenvalue weighted by Crippen LogP contribution is -2.49. The minimum atomic E-state index is -0.157. The lowest BCUT2D eigenvalue weighted by molar-refractivity contribution is -0.123. The molecule has 1 saturated heterocycles. The predicted octanol–water partition coefficient (Wildman–Crippen LogP) is 3.38. The van der Waals surface area contributed by atoms with Crippen molar-refractivity contribution in [2.45, 2.75) is 19.5 Å². The van der Waals surface area contributed by atoms with Gasteiger partial charge in [-0.1, -0.05) is 29.3 Å². The molecule has 0 saturated carbocycles. The number of benzene rings is 1. The van der Waals surface area contributed by atoms with Crippen molar-refractivity contribution in [3.8, 4) is 0 Å². The minimum absolute atomic E-state index is 0.0103. The van der Waals surface area contributed by atoms with Crippen LogP contribution in [-0.2, 0) is 11.3 Å². The van der Waals surface area contributed by atoms with Gasteiger partial charge in [0.05, 0.1) is 12.6 Å². The molecule has 1 N–H and O–H groups in total. The van der Waals surface area contributed by atoms with Gasteiger partial charge in [0.15, 0.2) is 0 Å². The van der Waals surface area contributed by atoms with Crippen molar-refractivity contribution >= 4 is 29.1 Å². The van der Waals surface area contributed by atoms with E-state index < -0.39 is 0 Å². The van der Waals surface area contributed by atoms with E-state index in [4.69, 9.17) is 23.2 Å². The van der Waals surface area contributed by atoms with E-state index in [1.165, 1.54) is 5.56 Å². The molecular weight excluding hydrogens is 383 g/mol. The summed E-state index contributed by atoms with van der Waals surface area (Å²) in [4.78, 5) is 21.0. The van der Waals surface area contributed by atoms with Gasteiger partial charge in [0.2, 0.25) is 5.91 Å². The van der Waals surface area contributed by atoms with Gasteiger partial charge in [-0.3, -0.25) is 19.6 Å². The standard InChI is InChI=1S/C20H24Cl2N4O/c1-15(18-3-2-17(21)12-19(18)22)24-20(27)14-26-10-8-25(9-11-26)13-16-4-6-23-7-5-16/h2-7,12,15H,8-11,13-14H2,1H3,(H,24,27). The van der Waals surface area contributed by atoms with Crippen LogP contribution < -0.4 is 5.32 Å². The Morgan fingerprint density at radius 2 is 1.78 bits per heavy atom. The highest BCUT2D eigenvalue weighted by molar-refractivity contribution is 6.35.